The molecule has 172 valence electrons. The Hall–Kier alpha value is -3.18. The molecule has 0 aliphatic carbocycles. The molecule has 2 N–H and O–H groups in total. The first kappa shape index (κ1) is 25.1. The zero-order chi connectivity index (χ0) is 24.1. The van der Waals surface area contributed by atoms with E-state index in [2.05, 4.69) is 10.3 Å². The summed E-state index contributed by atoms with van der Waals surface area (Å²) in [7, 11) is 0. The van der Waals surface area contributed by atoms with Gasteiger partial charge in [-0.15, -0.1) is 0 Å². The molecular weight excluding hydrogens is 406 g/mol. The molecule has 0 saturated heterocycles. The number of amides is 1. The molecule has 2 rings (SSSR count). The van der Waals surface area contributed by atoms with E-state index in [-0.39, 0.29) is 29.8 Å². The molecule has 1 heterocycles. The van der Waals surface area contributed by atoms with Crippen molar-refractivity contribution in [1.29, 1.82) is 5.26 Å². The van der Waals surface area contributed by atoms with Crippen molar-refractivity contribution in [3.63, 3.8) is 0 Å². The summed E-state index contributed by atoms with van der Waals surface area (Å²) in [5.74, 6) is 0.528. The van der Waals surface area contributed by atoms with Gasteiger partial charge in [-0.2, -0.15) is 5.26 Å². The van der Waals surface area contributed by atoms with E-state index in [1.165, 1.54) is 4.90 Å². The number of hydrogen-bond donors (Lipinski definition) is 2. The third-order valence-corrected chi connectivity index (χ3v) is 5.40. The van der Waals surface area contributed by atoms with Gasteiger partial charge in [0.2, 0.25) is 0 Å². The average molecular weight is 440 g/mol. The molecule has 0 fully saturated rings. The maximum Gasteiger partial charge on any atom is 0.407 e. The molecule has 0 aliphatic rings. The summed E-state index contributed by atoms with van der Waals surface area (Å²) in [5, 5.41) is 22.4. The Morgan fingerprint density at radius 2 is 1.91 bits per heavy atom. The van der Waals surface area contributed by atoms with Gasteiger partial charge in [0.05, 0.1) is 18.2 Å². The molecule has 32 heavy (non-hydrogen) atoms. The number of nitriles is 1. The lowest BCUT2D eigenvalue weighted by atomic mass is 10.0. The number of benzene rings is 1. The van der Waals surface area contributed by atoms with E-state index in [1.54, 1.807) is 11.5 Å². The fourth-order valence-corrected chi connectivity index (χ4v) is 3.61. The first-order chi connectivity index (χ1) is 15.0. The van der Waals surface area contributed by atoms with Crippen LogP contribution in [0.2, 0.25) is 0 Å². The van der Waals surface area contributed by atoms with E-state index in [0.29, 0.717) is 24.5 Å². The lowest BCUT2D eigenvalue weighted by molar-refractivity contribution is 0.0997. The highest BCUT2D eigenvalue weighted by Crippen LogP contribution is 2.21. The molecule has 1 unspecified atom stereocenters. The zero-order valence-electron chi connectivity index (χ0n) is 19.7. The monoisotopic (exact) mass is 439 g/mol. The van der Waals surface area contributed by atoms with Crippen LogP contribution < -0.4 is 10.9 Å². The summed E-state index contributed by atoms with van der Waals surface area (Å²) in [6.45, 7) is 12.2. The third kappa shape index (κ3) is 5.95. The Bertz CT molecular complexity index is 1030. The lowest BCUT2D eigenvalue weighted by Crippen LogP contribution is -2.48. The molecule has 1 atom stereocenters. The summed E-state index contributed by atoms with van der Waals surface area (Å²) >= 11 is 0. The van der Waals surface area contributed by atoms with E-state index in [9.17, 15) is 20.0 Å². The van der Waals surface area contributed by atoms with Gasteiger partial charge in [0.1, 0.15) is 11.9 Å². The van der Waals surface area contributed by atoms with Crippen molar-refractivity contribution in [2.45, 2.75) is 59.7 Å². The second-order valence-electron chi connectivity index (χ2n) is 9.21. The van der Waals surface area contributed by atoms with Gasteiger partial charge in [0.15, 0.2) is 5.69 Å². The van der Waals surface area contributed by atoms with Crippen LogP contribution >= 0.6 is 0 Å². The molecule has 2 aromatic rings. The first-order valence-corrected chi connectivity index (χ1v) is 10.8. The quantitative estimate of drug-likeness (QED) is 0.651. The van der Waals surface area contributed by atoms with Crippen LogP contribution in [-0.4, -0.2) is 44.3 Å². The topological polar surface area (TPSA) is 111 Å². The highest BCUT2D eigenvalue weighted by Gasteiger charge is 2.28. The van der Waals surface area contributed by atoms with Crippen molar-refractivity contribution in [2.75, 3.05) is 13.1 Å². The highest BCUT2D eigenvalue weighted by atomic mass is 16.4. The smallest absolute Gasteiger partial charge is 0.407 e. The second kappa shape index (κ2) is 10.4. The third-order valence-electron chi connectivity index (χ3n) is 5.40. The number of rotatable bonds is 8. The number of carboxylic acid groups (broad SMARTS) is 1. The predicted octanol–water partition coefficient (Wildman–Crippen LogP) is 3.54. The van der Waals surface area contributed by atoms with Crippen molar-refractivity contribution < 1.29 is 9.90 Å². The van der Waals surface area contributed by atoms with Crippen molar-refractivity contribution in [3.8, 4) is 6.07 Å². The van der Waals surface area contributed by atoms with Crippen LogP contribution in [0, 0.1) is 24.2 Å². The van der Waals surface area contributed by atoms with Gasteiger partial charge in [0, 0.05) is 18.6 Å². The summed E-state index contributed by atoms with van der Waals surface area (Å²) < 4.78 is 1.61. The molecule has 0 spiro atoms. The van der Waals surface area contributed by atoms with Crippen LogP contribution in [0.25, 0.3) is 0 Å². The van der Waals surface area contributed by atoms with E-state index < -0.39 is 11.6 Å². The van der Waals surface area contributed by atoms with Gasteiger partial charge in [0.25, 0.3) is 5.56 Å². The SMILES string of the molecule is Cc1c(C#N)nc(C(NCCN(C(=O)O)C(C)(C)C)C(C)C)n(Cc2ccccc2)c1=O. The van der Waals surface area contributed by atoms with E-state index in [1.807, 2.05) is 71.0 Å². The van der Waals surface area contributed by atoms with Crippen LogP contribution in [-0.2, 0) is 6.54 Å². The number of nitrogens with one attached hydrogen (secondary N) is 1. The molecule has 1 aromatic carbocycles. The minimum absolute atomic E-state index is 0.0473. The van der Waals surface area contributed by atoms with E-state index in [0.717, 1.165) is 5.56 Å². The van der Waals surface area contributed by atoms with E-state index >= 15 is 0 Å². The number of aromatic nitrogens is 2. The zero-order valence-corrected chi connectivity index (χ0v) is 19.7. The maximum atomic E-state index is 13.2. The number of carbonyl (C=O) groups is 1. The minimum atomic E-state index is -0.985. The van der Waals surface area contributed by atoms with Crippen molar-refractivity contribution in [2.24, 2.45) is 5.92 Å². The first-order valence-electron chi connectivity index (χ1n) is 10.8. The van der Waals surface area contributed by atoms with Crippen molar-refractivity contribution in [3.05, 3.63) is 63.3 Å². The van der Waals surface area contributed by atoms with Crippen LogP contribution in [0.5, 0.6) is 0 Å². The average Bonchev–Trinajstić information content (AvgIpc) is 2.71. The van der Waals surface area contributed by atoms with Gasteiger partial charge in [-0.25, -0.2) is 9.78 Å². The number of hydrogen-bond acceptors (Lipinski definition) is 5. The Balaban J connectivity index is 2.43. The fourth-order valence-electron chi connectivity index (χ4n) is 3.61. The van der Waals surface area contributed by atoms with Crippen LogP contribution in [0.4, 0.5) is 4.79 Å². The van der Waals surface area contributed by atoms with Gasteiger partial charge < -0.3 is 15.3 Å². The standard InChI is InChI=1S/C24H33N5O3/c1-16(2)20(26-12-13-29(23(31)32)24(4,5)6)21-27-19(14-25)17(3)22(30)28(21)15-18-10-8-7-9-11-18/h7-11,16,20,26H,12-13,15H2,1-6H3,(H,31,32). The maximum absolute atomic E-state index is 13.2. The summed E-state index contributed by atoms with van der Waals surface area (Å²) in [4.78, 5) is 30.7. The van der Waals surface area contributed by atoms with Crippen molar-refractivity contribution >= 4 is 6.09 Å². The molecule has 0 radical (unpaired) electrons. The normalized spacial score (nSPS) is 12.4. The summed E-state index contributed by atoms with van der Waals surface area (Å²) in [6, 6.07) is 11.3. The Morgan fingerprint density at radius 3 is 2.41 bits per heavy atom. The second-order valence-corrected chi connectivity index (χ2v) is 9.21. The molecule has 0 aliphatic heterocycles. The molecular formula is C24H33N5O3. The largest absolute Gasteiger partial charge is 0.465 e. The van der Waals surface area contributed by atoms with Crippen LogP contribution in [0.1, 0.15) is 63.3 Å². The molecule has 0 bridgehead atoms. The van der Waals surface area contributed by atoms with Gasteiger partial charge >= 0.3 is 6.09 Å². The molecule has 1 amide bonds. The Morgan fingerprint density at radius 1 is 1.28 bits per heavy atom. The lowest BCUT2D eigenvalue weighted by Gasteiger charge is -2.34. The van der Waals surface area contributed by atoms with Crippen molar-refractivity contribution in [1.82, 2.24) is 19.8 Å². The van der Waals surface area contributed by atoms with Crippen LogP contribution in [0.15, 0.2) is 35.1 Å². The minimum Gasteiger partial charge on any atom is -0.465 e. The van der Waals surface area contributed by atoms with Gasteiger partial charge in [-0.05, 0) is 39.2 Å². The number of nitrogens with zero attached hydrogens (tertiary/aromatic N) is 4. The highest BCUT2D eigenvalue weighted by molar-refractivity contribution is 5.65. The van der Waals surface area contributed by atoms with Gasteiger partial charge in [-0.1, -0.05) is 44.2 Å². The molecule has 8 heteroatoms. The summed E-state index contributed by atoms with van der Waals surface area (Å²) in [5.41, 5.74) is 0.605. The van der Waals surface area contributed by atoms with E-state index in [4.69, 9.17) is 0 Å². The molecule has 1 aromatic heterocycles. The molecule has 8 nitrogen and oxygen atoms in total. The molecule has 0 saturated carbocycles. The van der Waals surface area contributed by atoms with Gasteiger partial charge in [-0.3, -0.25) is 9.36 Å². The summed E-state index contributed by atoms with van der Waals surface area (Å²) in [6.07, 6.45) is -0.985. The Kier molecular flexibility index (Phi) is 8.17. The Labute approximate surface area is 189 Å². The van der Waals surface area contributed by atoms with Crippen LogP contribution in [0.3, 0.4) is 0 Å². The fraction of sp³-hybridized carbons (Fsp3) is 0.500. The predicted molar refractivity (Wildman–Crippen MR) is 124 cm³/mol.